The molecule has 0 amide bonds. The summed E-state index contributed by atoms with van der Waals surface area (Å²) < 4.78 is 18.6. The van der Waals surface area contributed by atoms with Gasteiger partial charge in [-0.25, -0.2) is 4.98 Å². The molecule has 5 rings (SSSR count). The van der Waals surface area contributed by atoms with Gasteiger partial charge in [0.25, 0.3) is 5.56 Å². The van der Waals surface area contributed by atoms with E-state index in [0.717, 1.165) is 8.96 Å². The number of rotatable bonds is 5. The van der Waals surface area contributed by atoms with E-state index in [9.17, 15) is 9.59 Å². The first kappa shape index (κ1) is 22.8. The summed E-state index contributed by atoms with van der Waals surface area (Å²) in [5, 5.41) is 5.66. The van der Waals surface area contributed by atoms with Gasteiger partial charge in [0.05, 0.1) is 33.2 Å². The Balaban J connectivity index is 1.66. The highest BCUT2D eigenvalue weighted by Gasteiger charge is 2.18. The highest BCUT2D eigenvalue weighted by atomic mass is 127. The largest absolute Gasteiger partial charge is 0.496 e. The zero-order valence-corrected chi connectivity index (χ0v) is 20.8. The molecule has 0 aliphatic heterocycles. The van der Waals surface area contributed by atoms with Crippen LogP contribution in [0, 0.1) is 3.57 Å². The van der Waals surface area contributed by atoms with Crippen LogP contribution in [0.5, 0.6) is 11.5 Å². The number of carbonyl (C=O) groups excluding carboxylic acids is 1. The van der Waals surface area contributed by atoms with Crippen LogP contribution in [-0.4, -0.2) is 29.0 Å². The molecule has 3 aromatic carbocycles. The van der Waals surface area contributed by atoms with Crippen molar-refractivity contribution < 1.29 is 18.7 Å². The molecule has 0 radical (unpaired) electrons. The first-order chi connectivity index (χ1) is 16.9. The number of para-hydroxylation sites is 1. The van der Waals surface area contributed by atoms with Crippen LogP contribution in [0.25, 0.3) is 33.5 Å². The molecule has 5 aromatic rings. The maximum Gasteiger partial charge on any atom is 0.308 e. The third-order valence-electron chi connectivity index (χ3n) is 5.25. The van der Waals surface area contributed by atoms with Gasteiger partial charge in [0.2, 0.25) is 5.82 Å². The normalized spacial score (nSPS) is 11.4. The summed E-state index contributed by atoms with van der Waals surface area (Å²) in [6, 6.07) is 19.6. The molecule has 8 nitrogen and oxygen atoms in total. The van der Waals surface area contributed by atoms with Crippen LogP contribution in [0.3, 0.4) is 0 Å². The molecule has 0 aliphatic carbocycles. The Hall–Kier alpha value is -3.99. The fourth-order valence-electron chi connectivity index (χ4n) is 3.67. The second-order valence-corrected chi connectivity index (χ2v) is 8.74. The zero-order chi connectivity index (χ0) is 24.5. The van der Waals surface area contributed by atoms with Crippen LogP contribution in [0.4, 0.5) is 0 Å². The number of esters is 1. The van der Waals surface area contributed by atoms with Gasteiger partial charge in [-0.2, -0.15) is 9.78 Å². The first-order valence-corrected chi connectivity index (χ1v) is 11.6. The molecule has 35 heavy (non-hydrogen) atoms. The zero-order valence-electron chi connectivity index (χ0n) is 18.7. The highest BCUT2D eigenvalue weighted by Crippen LogP contribution is 2.33. The lowest BCUT2D eigenvalue weighted by atomic mass is 10.2. The van der Waals surface area contributed by atoms with Crippen molar-refractivity contribution in [2.75, 3.05) is 7.11 Å². The van der Waals surface area contributed by atoms with E-state index in [2.05, 4.69) is 32.7 Å². The number of hydrogen-bond donors (Lipinski definition) is 0. The summed E-state index contributed by atoms with van der Waals surface area (Å²) in [5.74, 6) is 1.35. The number of benzene rings is 3. The van der Waals surface area contributed by atoms with E-state index in [0.29, 0.717) is 39.3 Å². The topological polar surface area (TPSA) is 95.9 Å². The van der Waals surface area contributed by atoms with Crippen molar-refractivity contribution in [1.82, 2.24) is 9.66 Å². The van der Waals surface area contributed by atoms with Crippen LogP contribution >= 0.6 is 22.6 Å². The highest BCUT2D eigenvalue weighted by molar-refractivity contribution is 14.1. The van der Waals surface area contributed by atoms with E-state index in [1.807, 2.05) is 24.3 Å². The van der Waals surface area contributed by atoms with E-state index in [4.69, 9.17) is 13.9 Å². The Morgan fingerprint density at radius 1 is 1.06 bits per heavy atom. The lowest BCUT2D eigenvalue weighted by Crippen LogP contribution is -2.20. The molecule has 0 bridgehead atoms. The summed E-state index contributed by atoms with van der Waals surface area (Å²) in [6.45, 7) is 1.35. The summed E-state index contributed by atoms with van der Waals surface area (Å²) in [6.07, 6.45) is 1.55. The summed E-state index contributed by atoms with van der Waals surface area (Å²) >= 11 is 2.08. The second-order valence-electron chi connectivity index (χ2n) is 7.58. The molecule has 0 aliphatic rings. The molecular formula is C26H18IN3O5. The first-order valence-electron chi connectivity index (χ1n) is 10.6. The predicted octanol–water partition coefficient (Wildman–Crippen LogP) is 5.23. The number of hydrogen-bond acceptors (Lipinski definition) is 7. The minimum absolute atomic E-state index is 0.259. The average molecular weight is 579 g/mol. The van der Waals surface area contributed by atoms with Gasteiger partial charge in [0, 0.05) is 6.92 Å². The van der Waals surface area contributed by atoms with Crippen molar-refractivity contribution in [2.24, 2.45) is 5.10 Å². The molecule has 174 valence electrons. The lowest BCUT2D eigenvalue weighted by Gasteiger charge is -2.08. The molecule has 0 fully saturated rings. The van der Waals surface area contributed by atoms with Crippen LogP contribution < -0.4 is 15.0 Å². The van der Waals surface area contributed by atoms with Crippen molar-refractivity contribution in [2.45, 2.75) is 6.92 Å². The number of ether oxygens (including phenoxy) is 2. The van der Waals surface area contributed by atoms with Crippen LogP contribution in [-0.2, 0) is 4.79 Å². The number of nitrogens with zero attached hydrogens (tertiary/aromatic N) is 3. The predicted molar refractivity (Wildman–Crippen MR) is 141 cm³/mol. The van der Waals surface area contributed by atoms with Gasteiger partial charge >= 0.3 is 5.97 Å². The standard InChI is InChI=1S/C26H18IN3O5/c1-15(31)34-23-11-10-16(12-19(23)27)14-28-30-25(29-20-7-4-3-6-17(20)26(30)32)24-13-18-21(33-2)8-5-9-22(18)35-24/h3-14H,1-2H3. The molecule has 0 N–H and O–H groups in total. The Morgan fingerprint density at radius 3 is 2.66 bits per heavy atom. The smallest absolute Gasteiger partial charge is 0.308 e. The Kier molecular flexibility index (Phi) is 6.08. The molecule has 0 spiro atoms. The second kappa shape index (κ2) is 9.34. The van der Waals surface area contributed by atoms with Crippen molar-refractivity contribution in [3.8, 4) is 23.1 Å². The average Bonchev–Trinajstić information content (AvgIpc) is 3.29. The number of methoxy groups -OCH3 is 1. The molecule has 0 unspecified atom stereocenters. The third-order valence-corrected chi connectivity index (χ3v) is 6.09. The van der Waals surface area contributed by atoms with E-state index < -0.39 is 5.97 Å². The van der Waals surface area contributed by atoms with Crippen molar-refractivity contribution >= 4 is 56.6 Å². The maximum atomic E-state index is 13.4. The number of carbonyl (C=O) groups is 1. The van der Waals surface area contributed by atoms with Gasteiger partial charge in [-0.1, -0.05) is 18.2 Å². The van der Waals surface area contributed by atoms with E-state index in [1.54, 1.807) is 55.8 Å². The molecule has 9 heteroatoms. The SMILES string of the molecule is COc1cccc2oc(-c3nc4ccccc4c(=O)n3N=Cc3ccc(OC(C)=O)c(I)c3)cc12. The quantitative estimate of drug-likeness (QED) is 0.123. The monoisotopic (exact) mass is 579 g/mol. The van der Waals surface area contributed by atoms with E-state index in [-0.39, 0.29) is 11.4 Å². The van der Waals surface area contributed by atoms with Gasteiger partial charge in [0.15, 0.2) is 5.76 Å². The number of aromatic nitrogens is 2. The lowest BCUT2D eigenvalue weighted by molar-refractivity contribution is -0.131. The minimum Gasteiger partial charge on any atom is -0.496 e. The van der Waals surface area contributed by atoms with Crippen molar-refractivity contribution in [3.05, 3.63) is 86.2 Å². The van der Waals surface area contributed by atoms with Crippen molar-refractivity contribution in [3.63, 3.8) is 0 Å². The van der Waals surface area contributed by atoms with Gasteiger partial charge in [-0.3, -0.25) is 9.59 Å². The Labute approximate surface area is 212 Å². The summed E-state index contributed by atoms with van der Waals surface area (Å²) in [7, 11) is 1.59. The Bertz CT molecular complexity index is 1690. The molecule has 0 atom stereocenters. The van der Waals surface area contributed by atoms with Crippen LogP contribution in [0.15, 0.2) is 81.0 Å². The van der Waals surface area contributed by atoms with Gasteiger partial charge in [-0.05, 0) is 76.7 Å². The fraction of sp³-hybridized carbons (Fsp3) is 0.0769. The van der Waals surface area contributed by atoms with Crippen LogP contribution in [0.1, 0.15) is 12.5 Å². The van der Waals surface area contributed by atoms with Gasteiger partial charge < -0.3 is 13.9 Å². The Morgan fingerprint density at radius 2 is 1.89 bits per heavy atom. The minimum atomic E-state index is -0.398. The summed E-state index contributed by atoms with van der Waals surface area (Å²) in [4.78, 5) is 29.4. The van der Waals surface area contributed by atoms with Gasteiger partial charge in [0.1, 0.15) is 17.1 Å². The summed E-state index contributed by atoms with van der Waals surface area (Å²) in [5.41, 5.74) is 1.52. The fourth-order valence-corrected chi connectivity index (χ4v) is 4.32. The molecule has 2 aromatic heterocycles. The maximum absolute atomic E-state index is 13.4. The molecule has 2 heterocycles. The number of furan rings is 1. The van der Waals surface area contributed by atoms with E-state index in [1.165, 1.54) is 11.6 Å². The van der Waals surface area contributed by atoms with Crippen LogP contribution in [0.2, 0.25) is 0 Å². The molecule has 0 saturated carbocycles. The molecular weight excluding hydrogens is 561 g/mol. The van der Waals surface area contributed by atoms with E-state index >= 15 is 0 Å². The third kappa shape index (κ3) is 4.42. The van der Waals surface area contributed by atoms with Gasteiger partial charge in [-0.15, -0.1) is 0 Å². The number of fused-ring (bicyclic) bond motifs is 2. The number of halogens is 1. The molecule has 0 saturated heterocycles. The van der Waals surface area contributed by atoms with Crippen molar-refractivity contribution in [1.29, 1.82) is 0 Å².